The molecule has 3 rings (SSSR count). The van der Waals surface area contributed by atoms with Gasteiger partial charge >= 0.3 is 0 Å². The van der Waals surface area contributed by atoms with Crippen molar-refractivity contribution >= 4 is 11.3 Å². The second-order valence-electron chi connectivity index (χ2n) is 5.21. The molecule has 0 saturated heterocycles. The quantitative estimate of drug-likeness (QED) is 0.548. The van der Waals surface area contributed by atoms with E-state index in [2.05, 4.69) is 10.1 Å². The molecule has 1 saturated carbocycles. The van der Waals surface area contributed by atoms with Crippen LogP contribution in [0.15, 0.2) is 18.5 Å². The third-order valence-corrected chi connectivity index (χ3v) is 4.22. The van der Waals surface area contributed by atoms with Gasteiger partial charge in [0.25, 0.3) is 0 Å². The van der Waals surface area contributed by atoms with Crippen LogP contribution in [0.3, 0.4) is 0 Å². The first-order valence-corrected chi connectivity index (χ1v) is 6.55. The number of anilines is 1. The maximum atomic E-state index is 10.0. The number of aliphatic hydroxyl groups is 3. The topological polar surface area (TPSA) is 141 Å². The van der Waals surface area contributed by atoms with Crippen LogP contribution in [0.2, 0.25) is 0 Å². The number of aromatic nitrogens is 3. The Morgan fingerprint density at radius 1 is 1.33 bits per heavy atom. The molecular formula is C13H15N5O3. The third kappa shape index (κ3) is 1.86. The van der Waals surface area contributed by atoms with E-state index in [0.717, 1.165) is 0 Å². The van der Waals surface area contributed by atoms with E-state index in [9.17, 15) is 20.6 Å². The fourth-order valence-corrected chi connectivity index (χ4v) is 3.16. The van der Waals surface area contributed by atoms with E-state index in [4.69, 9.17) is 5.73 Å². The van der Waals surface area contributed by atoms with Gasteiger partial charge in [0.2, 0.25) is 0 Å². The molecule has 1 aliphatic carbocycles. The molecule has 0 spiro atoms. The minimum Gasteiger partial charge on any atom is -0.396 e. The van der Waals surface area contributed by atoms with Gasteiger partial charge in [-0.15, -0.1) is 0 Å². The summed E-state index contributed by atoms with van der Waals surface area (Å²) in [5.41, 5.74) is 6.96. The van der Waals surface area contributed by atoms with Crippen molar-refractivity contribution in [1.29, 1.82) is 5.26 Å². The monoisotopic (exact) mass is 289 g/mol. The highest BCUT2D eigenvalue weighted by atomic mass is 16.3. The van der Waals surface area contributed by atoms with E-state index in [1.807, 2.05) is 6.07 Å². The smallest absolute Gasteiger partial charge is 0.151 e. The number of nitriles is 1. The number of nitrogens with two attached hydrogens (primary N) is 1. The minimum atomic E-state index is -1.21. The Balaban J connectivity index is 2.16. The summed E-state index contributed by atoms with van der Waals surface area (Å²) in [6.07, 6.45) is -1.07. The molecule has 2 heterocycles. The maximum Gasteiger partial charge on any atom is 0.151 e. The van der Waals surface area contributed by atoms with Crippen LogP contribution in [0.25, 0.3) is 5.52 Å². The molecule has 0 amide bonds. The van der Waals surface area contributed by atoms with Crippen molar-refractivity contribution in [2.75, 3.05) is 12.3 Å². The minimum absolute atomic E-state index is 0.296. The number of fused-ring (bicyclic) bond motifs is 1. The van der Waals surface area contributed by atoms with Gasteiger partial charge in [-0.3, -0.25) is 0 Å². The summed E-state index contributed by atoms with van der Waals surface area (Å²) in [6, 6.07) is 5.45. The third-order valence-electron chi connectivity index (χ3n) is 4.22. The molecule has 1 fully saturated rings. The van der Waals surface area contributed by atoms with E-state index in [1.54, 1.807) is 12.1 Å². The average molecular weight is 289 g/mol. The van der Waals surface area contributed by atoms with Gasteiger partial charge < -0.3 is 21.1 Å². The highest BCUT2D eigenvalue weighted by molar-refractivity contribution is 5.65. The van der Waals surface area contributed by atoms with E-state index >= 15 is 0 Å². The zero-order chi connectivity index (χ0) is 15.1. The summed E-state index contributed by atoms with van der Waals surface area (Å²) in [4.78, 5) is 3.89. The van der Waals surface area contributed by atoms with E-state index in [1.165, 1.54) is 10.8 Å². The summed E-state index contributed by atoms with van der Waals surface area (Å²) in [5, 5.41) is 42.9. The maximum absolute atomic E-state index is 10.0. The normalized spacial score (nSPS) is 32.4. The van der Waals surface area contributed by atoms with E-state index in [-0.39, 0.29) is 6.61 Å². The summed E-state index contributed by atoms with van der Waals surface area (Å²) >= 11 is 0. The zero-order valence-electron chi connectivity index (χ0n) is 11.0. The van der Waals surface area contributed by atoms with Gasteiger partial charge in [0.1, 0.15) is 11.8 Å². The van der Waals surface area contributed by atoms with Crippen LogP contribution in [0.4, 0.5) is 5.82 Å². The van der Waals surface area contributed by atoms with Crippen LogP contribution >= 0.6 is 0 Å². The molecule has 2 aromatic heterocycles. The number of rotatable bonds is 2. The standard InChI is InChI=1S/C13H15N5O3/c14-3-6-10(7(4-19)12(21)11(6)20)8-1-2-9-13(15)16-5-17-18(8)9/h1-2,5-7,10-12,19-21H,4H2,(H2,15,16,17)/t6-,7-,10?,11-,12+/m0/s1. The average Bonchev–Trinajstić information content (AvgIpc) is 3.00. The number of nitrogens with zero attached hydrogens (tertiary/aromatic N) is 4. The van der Waals surface area contributed by atoms with Crippen molar-refractivity contribution < 1.29 is 15.3 Å². The van der Waals surface area contributed by atoms with Crippen molar-refractivity contribution in [3.63, 3.8) is 0 Å². The van der Waals surface area contributed by atoms with Crippen LogP contribution in [0.1, 0.15) is 11.6 Å². The van der Waals surface area contributed by atoms with Crippen LogP contribution in [0.5, 0.6) is 0 Å². The van der Waals surface area contributed by atoms with E-state index in [0.29, 0.717) is 17.0 Å². The largest absolute Gasteiger partial charge is 0.396 e. The SMILES string of the molecule is N#C[C@H]1C(c2ccc3c(N)ncnn23)[C@H](CO)[C@@H](O)[C@H]1O. The lowest BCUT2D eigenvalue weighted by Crippen LogP contribution is -2.29. The fourth-order valence-electron chi connectivity index (χ4n) is 3.16. The molecule has 1 aliphatic rings. The molecule has 1 unspecified atom stereocenters. The van der Waals surface area contributed by atoms with Gasteiger partial charge in [-0.05, 0) is 12.1 Å². The highest BCUT2D eigenvalue weighted by Gasteiger charge is 2.51. The Hall–Kier alpha value is -2.21. The summed E-state index contributed by atoms with van der Waals surface area (Å²) in [7, 11) is 0. The lowest BCUT2D eigenvalue weighted by Gasteiger charge is -2.20. The number of aliphatic hydroxyl groups excluding tert-OH is 3. The first-order valence-electron chi connectivity index (χ1n) is 6.55. The lowest BCUT2D eigenvalue weighted by molar-refractivity contribution is -0.000511. The molecular weight excluding hydrogens is 274 g/mol. The Bertz CT molecular complexity index is 709. The van der Waals surface area contributed by atoms with Crippen LogP contribution < -0.4 is 5.73 Å². The Morgan fingerprint density at radius 3 is 2.76 bits per heavy atom. The van der Waals surface area contributed by atoms with Crippen molar-refractivity contribution in [2.45, 2.75) is 18.1 Å². The predicted molar refractivity (Wildman–Crippen MR) is 71.8 cm³/mol. The van der Waals surface area contributed by atoms with Crippen molar-refractivity contribution in [2.24, 2.45) is 11.8 Å². The fraction of sp³-hybridized carbons (Fsp3) is 0.462. The number of hydrogen-bond acceptors (Lipinski definition) is 7. The second-order valence-corrected chi connectivity index (χ2v) is 5.21. The molecule has 110 valence electrons. The molecule has 5 atom stereocenters. The van der Waals surface area contributed by atoms with Gasteiger partial charge in [0.05, 0.1) is 24.2 Å². The molecule has 8 nitrogen and oxygen atoms in total. The highest BCUT2D eigenvalue weighted by Crippen LogP contribution is 2.44. The van der Waals surface area contributed by atoms with Gasteiger partial charge in [0.15, 0.2) is 5.82 Å². The second kappa shape index (κ2) is 4.96. The van der Waals surface area contributed by atoms with Gasteiger partial charge in [0, 0.05) is 24.1 Å². The van der Waals surface area contributed by atoms with Gasteiger partial charge in [-0.1, -0.05) is 0 Å². The predicted octanol–water partition coefficient (Wildman–Crippen LogP) is -1.12. The summed E-state index contributed by atoms with van der Waals surface area (Å²) < 4.78 is 1.53. The summed E-state index contributed by atoms with van der Waals surface area (Å²) in [6.45, 7) is -0.338. The Kier molecular flexibility index (Phi) is 3.25. The molecule has 21 heavy (non-hydrogen) atoms. The van der Waals surface area contributed by atoms with E-state index < -0.39 is 30.0 Å². The number of hydrogen-bond donors (Lipinski definition) is 4. The molecule has 0 aromatic carbocycles. The molecule has 0 bridgehead atoms. The first-order chi connectivity index (χ1) is 10.1. The lowest BCUT2D eigenvalue weighted by atomic mass is 9.87. The molecule has 0 radical (unpaired) electrons. The molecule has 8 heteroatoms. The number of nitrogen functional groups attached to an aromatic ring is 1. The molecule has 2 aromatic rings. The van der Waals surface area contributed by atoms with Crippen LogP contribution in [-0.2, 0) is 0 Å². The van der Waals surface area contributed by atoms with Gasteiger partial charge in [-0.2, -0.15) is 10.4 Å². The van der Waals surface area contributed by atoms with Crippen molar-refractivity contribution in [1.82, 2.24) is 14.6 Å². The molecule has 5 N–H and O–H groups in total. The van der Waals surface area contributed by atoms with Crippen molar-refractivity contribution in [3.8, 4) is 6.07 Å². The van der Waals surface area contributed by atoms with Crippen molar-refractivity contribution in [3.05, 3.63) is 24.2 Å². The Morgan fingerprint density at radius 2 is 2.10 bits per heavy atom. The Labute approximate surface area is 120 Å². The first kappa shape index (κ1) is 13.8. The summed E-state index contributed by atoms with van der Waals surface area (Å²) in [5.74, 6) is -1.71. The van der Waals surface area contributed by atoms with Crippen LogP contribution in [0, 0.1) is 23.2 Å². The van der Waals surface area contributed by atoms with Gasteiger partial charge in [-0.25, -0.2) is 9.50 Å². The zero-order valence-corrected chi connectivity index (χ0v) is 11.0. The van der Waals surface area contributed by atoms with Crippen LogP contribution in [-0.4, -0.2) is 48.7 Å². The molecule has 0 aliphatic heterocycles.